The van der Waals surface area contributed by atoms with Crippen molar-refractivity contribution in [3.05, 3.63) is 48.0 Å². The van der Waals surface area contributed by atoms with Gasteiger partial charge in [-0.15, -0.1) is 0 Å². The molecule has 1 fully saturated rings. The topological polar surface area (TPSA) is 72.3 Å². The second kappa shape index (κ2) is 8.03. The molecule has 0 aliphatic carbocycles. The van der Waals surface area contributed by atoms with Gasteiger partial charge < -0.3 is 10.1 Å². The smallest absolute Gasteiger partial charge is 0.244 e. The van der Waals surface area contributed by atoms with E-state index in [-0.39, 0.29) is 11.9 Å². The monoisotopic (exact) mass is 329 g/mol. The van der Waals surface area contributed by atoms with E-state index in [1.54, 1.807) is 17.9 Å². The van der Waals surface area contributed by atoms with Crippen LogP contribution in [0.25, 0.3) is 0 Å². The van der Waals surface area contributed by atoms with Crippen molar-refractivity contribution in [2.45, 2.75) is 26.1 Å². The summed E-state index contributed by atoms with van der Waals surface area (Å²) in [7, 11) is 0. The Morgan fingerprint density at radius 3 is 2.62 bits per heavy atom. The molecule has 128 valence electrons. The Balaban J connectivity index is 1.48. The maximum Gasteiger partial charge on any atom is 0.244 e. The van der Waals surface area contributed by atoms with Gasteiger partial charge in [-0.2, -0.15) is 5.10 Å². The standard InChI is InChI=1S/C17H23N5O2/c1-14(22-13-18-12-20-22)17(23)19-10-15-2-4-16(5-3-15)11-21-6-8-24-9-7-21/h2-5,12-14H,6-11H2,1H3,(H,19,23)/t14-/m1/s1. The molecule has 0 saturated carbocycles. The fourth-order valence-electron chi connectivity index (χ4n) is 2.65. The molecule has 1 aliphatic heterocycles. The molecule has 0 radical (unpaired) electrons. The van der Waals surface area contributed by atoms with Gasteiger partial charge in [-0.25, -0.2) is 9.67 Å². The lowest BCUT2D eigenvalue weighted by Gasteiger charge is -2.26. The second-order valence-corrected chi connectivity index (χ2v) is 5.97. The normalized spacial score (nSPS) is 16.7. The Morgan fingerprint density at radius 1 is 1.25 bits per heavy atom. The predicted octanol–water partition coefficient (Wildman–Crippen LogP) is 0.988. The number of carbonyl (C=O) groups excluding carboxylic acids is 1. The quantitative estimate of drug-likeness (QED) is 0.855. The first-order valence-electron chi connectivity index (χ1n) is 8.22. The van der Waals surface area contributed by atoms with Gasteiger partial charge in [0.05, 0.1) is 13.2 Å². The molecule has 24 heavy (non-hydrogen) atoms. The molecule has 1 N–H and O–H groups in total. The summed E-state index contributed by atoms with van der Waals surface area (Å²) in [6, 6.07) is 8.01. The number of aromatic nitrogens is 3. The van der Waals surface area contributed by atoms with Crippen LogP contribution in [0.5, 0.6) is 0 Å². The van der Waals surface area contributed by atoms with Crippen molar-refractivity contribution in [3.8, 4) is 0 Å². The van der Waals surface area contributed by atoms with Crippen molar-refractivity contribution in [1.29, 1.82) is 0 Å². The molecular formula is C17H23N5O2. The Hall–Kier alpha value is -2.25. The van der Waals surface area contributed by atoms with Gasteiger partial charge in [0, 0.05) is 26.2 Å². The highest BCUT2D eigenvalue weighted by atomic mass is 16.5. The molecular weight excluding hydrogens is 306 g/mol. The number of benzene rings is 1. The van der Waals surface area contributed by atoms with Gasteiger partial charge >= 0.3 is 0 Å². The van der Waals surface area contributed by atoms with Crippen molar-refractivity contribution in [2.24, 2.45) is 0 Å². The van der Waals surface area contributed by atoms with E-state index in [4.69, 9.17) is 4.74 Å². The molecule has 2 heterocycles. The maximum absolute atomic E-state index is 12.1. The largest absolute Gasteiger partial charge is 0.379 e. The lowest BCUT2D eigenvalue weighted by atomic mass is 10.1. The van der Waals surface area contributed by atoms with Crippen molar-refractivity contribution >= 4 is 5.91 Å². The molecule has 1 amide bonds. The van der Waals surface area contributed by atoms with Crippen LogP contribution in [-0.2, 0) is 22.6 Å². The van der Waals surface area contributed by atoms with Crippen LogP contribution >= 0.6 is 0 Å². The van der Waals surface area contributed by atoms with Crippen LogP contribution in [0.4, 0.5) is 0 Å². The Morgan fingerprint density at radius 2 is 1.96 bits per heavy atom. The molecule has 1 saturated heterocycles. The van der Waals surface area contributed by atoms with Crippen molar-refractivity contribution in [2.75, 3.05) is 26.3 Å². The van der Waals surface area contributed by atoms with Gasteiger partial charge in [0.1, 0.15) is 18.7 Å². The van der Waals surface area contributed by atoms with Gasteiger partial charge in [0.25, 0.3) is 0 Å². The van der Waals surface area contributed by atoms with Crippen LogP contribution in [0.3, 0.4) is 0 Å². The van der Waals surface area contributed by atoms with Crippen LogP contribution in [0.15, 0.2) is 36.9 Å². The van der Waals surface area contributed by atoms with Crippen molar-refractivity contribution in [3.63, 3.8) is 0 Å². The van der Waals surface area contributed by atoms with E-state index < -0.39 is 0 Å². The Labute approximate surface area is 141 Å². The van der Waals surface area contributed by atoms with Crippen LogP contribution in [0.1, 0.15) is 24.1 Å². The van der Waals surface area contributed by atoms with Gasteiger partial charge in [-0.1, -0.05) is 24.3 Å². The lowest BCUT2D eigenvalue weighted by Crippen LogP contribution is -2.35. The fourth-order valence-corrected chi connectivity index (χ4v) is 2.65. The lowest BCUT2D eigenvalue weighted by molar-refractivity contribution is -0.124. The van der Waals surface area contributed by atoms with Gasteiger partial charge in [-0.3, -0.25) is 9.69 Å². The highest BCUT2D eigenvalue weighted by molar-refractivity contribution is 5.79. The zero-order chi connectivity index (χ0) is 16.8. The third-order valence-corrected chi connectivity index (χ3v) is 4.21. The highest BCUT2D eigenvalue weighted by Gasteiger charge is 2.15. The third kappa shape index (κ3) is 4.39. The van der Waals surface area contributed by atoms with Gasteiger partial charge in [0.15, 0.2) is 0 Å². The van der Waals surface area contributed by atoms with E-state index in [1.807, 2.05) is 0 Å². The SMILES string of the molecule is C[C@H](C(=O)NCc1ccc(CN2CCOCC2)cc1)n1cncn1. The fraction of sp³-hybridized carbons (Fsp3) is 0.471. The predicted molar refractivity (Wildman–Crippen MR) is 89.1 cm³/mol. The number of morpholine rings is 1. The Kier molecular flexibility index (Phi) is 5.55. The third-order valence-electron chi connectivity index (χ3n) is 4.21. The van der Waals surface area contributed by atoms with Crippen LogP contribution in [-0.4, -0.2) is 51.9 Å². The maximum atomic E-state index is 12.1. The summed E-state index contributed by atoms with van der Waals surface area (Å²) >= 11 is 0. The number of hydrogen-bond donors (Lipinski definition) is 1. The second-order valence-electron chi connectivity index (χ2n) is 5.97. The molecule has 3 rings (SSSR count). The van der Waals surface area contributed by atoms with Crippen LogP contribution < -0.4 is 5.32 Å². The van der Waals surface area contributed by atoms with Crippen LogP contribution in [0, 0.1) is 0 Å². The first-order valence-corrected chi connectivity index (χ1v) is 8.22. The molecule has 1 aliphatic rings. The van der Waals surface area contributed by atoms with E-state index in [2.05, 4.69) is 44.6 Å². The summed E-state index contributed by atoms with van der Waals surface area (Å²) in [4.78, 5) is 18.4. The molecule has 0 unspecified atom stereocenters. The van der Waals surface area contributed by atoms with Crippen LogP contribution in [0.2, 0.25) is 0 Å². The summed E-state index contributed by atoms with van der Waals surface area (Å²) in [5.41, 5.74) is 2.36. The summed E-state index contributed by atoms with van der Waals surface area (Å²) in [6.07, 6.45) is 2.97. The van der Waals surface area contributed by atoms with E-state index in [0.717, 1.165) is 38.4 Å². The molecule has 0 bridgehead atoms. The molecule has 1 atom stereocenters. The molecule has 1 aromatic heterocycles. The first-order chi connectivity index (χ1) is 11.7. The summed E-state index contributed by atoms with van der Waals surface area (Å²) < 4.78 is 6.91. The highest BCUT2D eigenvalue weighted by Crippen LogP contribution is 2.10. The summed E-state index contributed by atoms with van der Waals surface area (Å²) in [5.74, 6) is -0.0714. The zero-order valence-electron chi connectivity index (χ0n) is 13.9. The summed E-state index contributed by atoms with van der Waals surface area (Å²) in [5, 5.41) is 6.92. The number of ether oxygens (including phenoxy) is 1. The minimum atomic E-state index is -0.368. The van der Waals surface area contributed by atoms with Crippen molar-refractivity contribution in [1.82, 2.24) is 25.0 Å². The van der Waals surface area contributed by atoms with Crippen molar-refractivity contribution < 1.29 is 9.53 Å². The number of carbonyl (C=O) groups is 1. The molecule has 0 spiro atoms. The minimum Gasteiger partial charge on any atom is -0.379 e. The number of nitrogens with one attached hydrogen (secondary N) is 1. The number of amides is 1. The number of nitrogens with zero attached hydrogens (tertiary/aromatic N) is 4. The average molecular weight is 329 g/mol. The van der Waals surface area contributed by atoms with Gasteiger partial charge in [-0.05, 0) is 18.1 Å². The van der Waals surface area contributed by atoms with Gasteiger partial charge in [0.2, 0.25) is 5.91 Å². The Bertz CT molecular complexity index is 636. The minimum absolute atomic E-state index is 0.0714. The summed E-state index contributed by atoms with van der Waals surface area (Å²) in [6.45, 7) is 6.85. The van der Waals surface area contributed by atoms with E-state index in [0.29, 0.717) is 6.54 Å². The number of hydrogen-bond acceptors (Lipinski definition) is 5. The van der Waals surface area contributed by atoms with E-state index in [9.17, 15) is 4.79 Å². The molecule has 7 heteroatoms. The van der Waals surface area contributed by atoms with E-state index >= 15 is 0 Å². The molecule has 1 aromatic carbocycles. The first kappa shape index (κ1) is 16.6. The molecule has 7 nitrogen and oxygen atoms in total. The average Bonchev–Trinajstić information content (AvgIpc) is 3.16. The van der Waals surface area contributed by atoms with E-state index in [1.165, 1.54) is 11.9 Å². The molecule has 2 aromatic rings. The zero-order valence-corrected chi connectivity index (χ0v) is 13.9. The number of rotatable bonds is 6.